The number of anilines is 2. The molecule has 3 N–H and O–H groups in total. The first-order valence-electron chi connectivity index (χ1n) is 8.44. The van der Waals surface area contributed by atoms with Crippen molar-refractivity contribution in [1.29, 1.82) is 0 Å². The molecule has 0 saturated heterocycles. The number of nitrogens with one attached hydrogen (secondary N) is 2. The van der Waals surface area contributed by atoms with Crippen LogP contribution in [0.5, 0.6) is 0 Å². The Kier molecular flexibility index (Phi) is 3.37. The van der Waals surface area contributed by atoms with Crippen LogP contribution in [0, 0.1) is 17.8 Å². The van der Waals surface area contributed by atoms with E-state index < -0.39 is 6.61 Å². The smallest absolute Gasteiger partial charge is 0.250 e. The van der Waals surface area contributed by atoms with Gasteiger partial charge in [-0.1, -0.05) is 12.1 Å². The summed E-state index contributed by atoms with van der Waals surface area (Å²) in [6.07, 6.45) is 8.06. The monoisotopic (exact) mass is 300 g/mol. The second-order valence-electron chi connectivity index (χ2n) is 7.57. The van der Waals surface area contributed by atoms with Crippen molar-refractivity contribution < 1.29 is 9.90 Å². The number of para-hydroxylation sites is 2. The molecule has 4 saturated carbocycles. The van der Waals surface area contributed by atoms with E-state index in [1.54, 1.807) is 0 Å². The first-order chi connectivity index (χ1) is 10.7. The minimum Gasteiger partial charge on any atom is -0.387 e. The molecule has 0 aromatic heterocycles. The molecule has 4 aliphatic carbocycles. The molecule has 1 amide bonds. The van der Waals surface area contributed by atoms with Gasteiger partial charge < -0.3 is 15.7 Å². The lowest BCUT2D eigenvalue weighted by Gasteiger charge is -2.57. The molecular weight excluding hydrogens is 276 g/mol. The molecule has 4 heteroatoms. The van der Waals surface area contributed by atoms with Crippen LogP contribution in [0.15, 0.2) is 24.3 Å². The van der Waals surface area contributed by atoms with Crippen LogP contribution in [0.4, 0.5) is 11.4 Å². The Morgan fingerprint density at radius 3 is 2.14 bits per heavy atom. The molecule has 4 bridgehead atoms. The molecule has 0 unspecified atom stereocenters. The number of amides is 1. The highest BCUT2D eigenvalue weighted by Gasteiger charge is 2.51. The van der Waals surface area contributed by atoms with Crippen molar-refractivity contribution >= 4 is 17.3 Å². The van der Waals surface area contributed by atoms with E-state index in [4.69, 9.17) is 5.11 Å². The summed E-state index contributed by atoms with van der Waals surface area (Å²) in [6, 6.07) is 7.84. The van der Waals surface area contributed by atoms with Crippen LogP contribution in [0.1, 0.15) is 38.5 Å². The quantitative estimate of drug-likeness (QED) is 0.801. The Hall–Kier alpha value is -1.55. The maximum atomic E-state index is 11.5. The predicted octanol–water partition coefficient (Wildman–Crippen LogP) is 3.00. The number of aliphatic hydroxyl groups is 1. The van der Waals surface area contributed by atoms with E-state index in [1.165, 1.54) is 38.5 Å². The molecule has 0 radical (unpaired) electrons. The molecule has 0 aliphatic heterocycles. The second-order valence-corrected chi connectivity index (χ2v) is 7.57. The topological polar surface area (TPSA) is 61.4 Å². The number of rotatable bonds is 4. The molecule has 118 valence electrons. The highest BCUT2D eigenvalue weighted by molar-refractivity contribution is 5.94. The van der Waals surface area contributed by atoms with Crippen molar-refractivity contribution in [2.45, 2.75) is 44.1 Å². The molecule has 1 aromatic rings. The van der Waals surface area contributed by atoms with Gasteiger partial charge in [-0.15, -0.1) is 0 Å². The molecule has 4 nitrogen and oxygen atoms in total. The van der Waals surface area contributed by atoms with Crippen LogP contribution in [-0.2, 0) is 4.79 Å². The van der Waals surface area contributed by atoms with E-state index in [9.17, 15) is 4.79 Å². The highest BCUT2D eigenvalue weighted by atomic mass is 16.3. The van der Waals surface area contributed by atoms with Crippen molar-refractivity contribution in [2.24, 2.45) is 17.8 Å². The zero-order chi connectivity index (χ0) is 15.2. The van der Waals surface area contributed by atoms with E-state index in [1.807, 2.05) is 24.3 Å². The fourth-order valence-electron chi connectivity index (χ4n) is 5.44. The Morgan fingerprint density at radius 2 is 1.59 bits per heavy atom. The lowest BCUT2D eigenvalue weighted by molar-refractivity contribution is -0.118. The fraction of sp³-hybridized carbons (Fsp3) is 0.611. The van der Waals surface area contributed by atoms with Gasteiger partial charge in [0.15, 0.2) is 0 Å². The largest absolute Gasteiger partial charge is 0.387 e. The highest BCUT2D eigenvalue weighted by Crippen LogP contribution is 2.56. The van der Waals surface area contributed by atoms with E-state index in [-0.39, 0.29) is 11.4 Å². The maximum absolute atomic E-state index is 11.5. The van der Waals surface area contributed by atoms with Crippen LogP contribution in [0.3, 0.4) is 0 Å². The van der Waals surface area contributed by atoms with E-state index in [0.717, 1.165) is 29.1 Å². The van der Waals surface area contributed by atoms with Crippen molar-refractivity contribution in [1.82, 2.24) is 0 Å². The van der Waals surface area contributed by atoms with Crippen molar-refractivity contribution in [3.8, 4) is 0 Å². The summed E-state index contributed by atoms with van der Waals surface area (Å²) in [4.78, 5) is 11.5. The van der Waals surface area contributed by atoms with Gasteiger partial charge in [0.2, 0.25) is 5.91 Å². The number of hydrogen-bond donors (Lipinski definition) is 3. The number of carbonyl (C=O) groups excluding carboxylic acids is 1. The van der Waals surface area contributed by atoms with Gasteiger partial charge in [-0.05, 0) is 68.4 Å². The Labute approximate surface area is 131 Å². The normalized spacial score (nSPS) is 35.4. The molecule has 5 rings (SSSR count). The maximum Gasteiger partial charge on any atom is 0.250 e. The summed E-state index contributed by atoms with van der Waals surface area (Å²) in [5.74, 6) is 2.30. The summed E-state index contributed by atoms with van der Waals surface area (Å²) < 4.78 is 0. The minimum atomic E-state index is -0.480. The lowest BCUT2D eigenvalue weighted by Crippen LogP contribution is -2.54. The van der Waals surface area contributed by atoms with Crippen molar-refractivity contribution in [3.05, 3.63) is 24.3 Å². The number of carbonyl (C=O) groups is 1. The molecule has 1 aromatic carbocycles. The van der Waals surface area contributed by atoms with Gasteiger partial charge in [-0.25, -0.2) is 0 Å². The van der Waals surface area contributed by atoms with Gasteiger partial charge in [0.25, 0.3) is 0 Å². The zero-order valence-corrected chi connectivity index (χ0v) is 12.8. The van der Waals surface area contributed by atoms with Gasteiger partial charge >= 0.3 is 0 Å². The minimum absolute atomic E-state index is 0.217. The fourth-order valence-corrected chi connectivity index (χ4v) is 5.44. The van der Waals surface area contributed by atoms with Crippen LogP contribution in [0.25, 0.3) is 0 Å². The zero-order valence-electron chi connectivity index (χ0n) is 12.8. The molecule has 0 atom stereocenters. The molecule has 0 heterocycles. The first kappa shape index (κ1) is 14.1. The van der Waals surface area contributed by atoms with Crippen molar-refractivity contribution in [3.63, 3.8) is 0 Å². The average Bonchev–Trinajstić information content (AvgIpc) is 2.47. The summed E-state index contributed by atoms with van der Waals surface area (Å²) in [5, 5.41) is 15.5. The Morgan fingerprint density at radius 1 is 1.05 bits per heavy atom. The average molecular weight is 300 g/mol. The molecular formula is C18H24N2O2. The lowest BCUT2D eigenvalue weighted by atomic mass is 9.53. The number of aliphatic hydroxyl groups excluding tert-OH is 1. The predicted molar refractivity (Wildman–Crippen MR) is 86.7 cm³/mol. The third kappa shape index (κ3) is 2.50. The van der Waals surface area contributed by atoms with Gasteiger partial charge in [0.05, 0.1) is 11.4 Å². The van der Waals surface area contributed by atoms with Crippen LogP contribution in [0.2, 0.25) is 0 Å². The Balaban J connectivity index is 1.57. The SMILES string of the molecule is O=C(CO)Nc1ccccc1NC12CC3CC(CC(C3)C1)C2. The van der Waals surface area contributed by atoms with Crippen molar-refractivity contribution in [2.75, 3.05) is 17.2 Å². The van der Waals surface area contributed by atoms with Gasteiger partial charge in [0, 0.05) is 5.54 Å². The third-order valence-corrected chi connectivity index (χ3v) is 5.78. The number of hydrogen-bond acceptors (Lipinski definition) is 3. The van der Waals surface area contributed by atoms with E-state index in [0.29, 0.717) is 0 Å². The van der Waals surface area contributed by atoms with Crippen LogP contribution >= 0.6 is 0 Å². The number of benzene rings is 1. The third-order valence-electron chi connectivity index (χ3n) is 5.78. The van der Waals surface area contributed by atoms with E-state index in [2.05, 4.69) is 10.6 Å². The summed E-state index contributed by atoms with van der Waals surface area (Å²) in [6.45, 7) is -0.480. The molecule has 4 aliphatic rings. The van der Waals surface area contributed by atoms with Crippen LogP contribution in [-0.4, -0.2) is 23.2 Å². The first-order valence-corrected chi connectivity index (χ1v) is 8.44. The molecule has 4 fully saturated rings. The summed E-state index contributed by atoms with van der Waals surface area (Å²) >= 11 is 0. The van der Waals surface area contributed by atoms with E-state index >= 15 is 0 Å². The van der Waals surface area contributed by atoms with Gasteiger partial charge in [-0.2, -0.15) is 0 Å². The molecule has 22 heavy (non-hydrogen) atoms. The Bertz CT molecular complexity index is 549. The summed E-state index contributed by atoms with van der Waals surface area (Å²) in [7, 11) is 0. The van der Waals surface area contributed by atoms with Gasteiger partial charge in [-0.3, -0.25) is 4.79 Å². The second kappa shape index (κ2) is 5.27. The summed E-state index contributed by atoms with van der Waals surface area (Å²) in [5.41, 5.74) is 1.98. The molecule has 0 spiro atoms. The van der Waals surface area contributed by atoms with Crippen LogP contribution < -0.4 is 10.6 Å². The standard InChI is InChI=1S/C18H24N2O2/c21-11-17(22)19-15-3-1-2-4-16(15)20-18-8-12-5-13(9-18)7-14(6-12)10-18/h1-4,12-14,20-21H,5-11H2,(H,19,22). The van der Waals surface area contributed by atoms with Gasteiger partial charge in [0.1, 0.15) is 6.61 Å².